The Morgan fingerprint density at radius 1 is 1.29 bits per heavy atom. The Morgan fingerprint density at radius 2 is 1.95 bits per heavy atom. The van der Waals surface area contributed by atoms with Crippen LogP contribution in [0.25, 0.3) is 0 Å². The molecule has 1 aromatic rings. The lowest BCUT2D eigenvalue weighted by atomic mass is 9.99. The molecule has 1 aliphatic rings. The van der Waals surface area contributed by atoms with Gasteiger partial charge >= 0.3 is 0 Å². The fraction of sp³-hybridized carbons (Fsp3) is 0.667. The summed E-state index contributed by atoms with van der Waals surface area (Å²) in [5.41, 5.74) is 7.97. The van der Waals surface area contributed by atoms with Crippen LogP contribution in [0.1, 0.15) is 56.7 Å². The maximum absolute atomic E-state index is 13.5. The van der Waals surface area contributed by atoms with Crippen LogP contribution in [-0.4, -0.2) is 24.0 Å². The van der Waals surface area contributed by atoms with Crippen molar-refractivity contribution in [3.05, 3.63) is 35.1 Å². The van der Waals surface area contributed by atoms with Crippen LogP contribution in [-0.2, 0) is 0 Å². The predicted molar refractivity (Wildman–Crippen MR) is 86.7 cm³/mol. The van der Waals surface area contributed by atoms with E-state index in [1.807, 2.05) is 19.1 Å². The molecule has 2 N–H and O–H groups in total. The van der Waals surface area contributed by atoms with Gasteiger partial charge in [-0.15, -0.1) is 0 Å². The highest BCUT2D eigenvalue weighted by Crippen LogP contribution is 2.32. The molecule has 0 heterocycles. The molecule has 3 heteroatoms. The van der Waals surface area contributed by atoms with Crippen molar-refractivity contribution in [3.8, 4) is 0 Å². The fourth-order valence-electron chi connectivity index (χ4n) is 3.53. The Hall–Kier alpha value is -0.930. The molecular weight excluding hydrogens is 263 g/mol. The van der Waals surface area contributed by atoms with Gasteiger partial charge in [0.1, 0.15) is 5.82 Å². The van der Waals surface area contributed by atoms with Gasteiger partial charge in [0.15, 0.2) is 0 Å². The Kier molecular flexibility index (Phi) is 5.77. The third-order valence-electron chi connectivity index (χ3n) is 4.56. The van der Waals surface area contributed by atoms with Crippen molar-refractivity contribution >= 4 is 0 Å². The van der Waals surface area contributed by atoms with Gasteiger partial charge in [-0.3, -0.25) is 4.90 Å². The summed E-state index contributed by atoms with van der Waals surface area (Å²) in [5, 5.41) is 0. The zero-order valence-corrected chi connectivity index (χ0v) is 13.6. The zero-order valence-electron chi connectivity index (χ0n) is 13.6. The molecule has 0 spiro atoms. The Balaban J connectivity index is 2.26. The fourth-order valence-corrected chi connectivity index (χ4v) is 3.53. The van der Waals surface area contributed by atoms with Crippen LogP contribution in [0, 0.1) is 18.7 Å². The summed E-state index contributed by atoms with van der Waals surface area (Å²) in [6.07, 6.45) is 5.17. The molecule has 1 aliphatic carbocycles. The van der Waals surface area contributed by atoms with Crippen molar-refractivity contribution in [1.29, 1.82) is 0 Å². The third kappa shape index (κ3) is 4.04. The first kappa shape index (κ1) is 16.4. The van der Waals surface area contributed by atoms with Crippen LogP contribution in [0.15, 0.2) is 18.2 Å². The number of hydrogen-bond donors (Lipinski definition) is 1. The van der Waals surface area contributed by atoms with Gasteiger partial charge in [0.25, 0.3) is 0 Å². The van der Waals surface area contributed by atoms with Crippen LogP contribution >= 0.6 is 0 Å². The lowest BCUT2D eigenvalue weighted by Crippen LogP contribution is -2.42. The van der Waals surface area contributed by atoms with Crippen molar-refractivity contribution < 1.29 is 4.39 Å². The van der Waals surface area contributed by atoms with Crippen molar-refractivity contribution in [1.82, 2.24) is 4.90 Å². The average Bonchev–Trinajstić information content (AvgIpc) is 2.96. The van der Waals surface area contributed by atoms with E-state index in [1.54, 1.807) is 6.07 Å². The SMILES string of the molecule is Cc1cc(C(CN)N(CC(C)C)C2CCCC2)ccc1F. The minimum atomic E-state index is -0.134. The molecule has 0 bridgehead atoms. The number of rotatable bonds is 6. The molecule has 0 amide bonds. The maximum atomic E-state index is 13.5. The van der Waals surface area contributed by atoms with Crippen molar-refractivity contribution in [2.75, 3.05) is 13.1 Å². The largest absolute Gasteiger partial charge is 0.329 e. The van der Waals surface area contributed by atoms with Gasteiger partial charge in [-0.05, 0) is 42.9 Å². The maximum Gasteiger partial charge on any atom is 0.126 e. The lowest BCUT2D eigenvalue weighted by Gasteiger charge is -2.37. The molecule has 2 nitrogen and oxygen atoms in total. The second kappa shape index (κ2) is 7.37. The van der Waals surface area contributed by atoms with Gasteiger partial charge in [-0.2, -0.15) is 0 Å². The highest BCUT2D eigenvalue weighted by atomic mass is 19.1. The number of nitrogens with two attached hydrogens (primary N) is 1. The Bertz CT molecular complexity index is 453. The van der Waals surface area contributed by atoms with Crippen LogP contribution in [0.5, 0.6) is 0 Å². The Morgan fingerprint density at radius 3 is 2.48 bits per heavy atom. The van der Waals surface area contributed by atoms with Crippen LogP contribution in [0.4, 0.5) is 4.39 Å². The normalized spacial score (nSPS) is 17.9. The topological polar surface area (TPSA) is 29.3 Å². The van der Waals surface area contributed by atoms with Gasteiger partial charge in [0, 0.05) is 25.2 Å². The predicted octanol–water partition coefficient (Wildman–Crippen LogP) is 4.03. The van der Waals surface area contributed by atoms with Gasteiger partial charge < -0.3 is 5.73 Å². The number of aryl methyl sites for hydroxylation is 1. The molecule has 0 aromatic heterocycles. The summed E-state index contributed by atoms with van der Waals surface area (Å²) in [7, 11) is 0. The van der Waals surface area contributed by atoms with Crippen molar-refractivity contribution in [2.45, 2.75) is 58.5 Å². The summed E-state index contributed by atoms with van der Waals surface area (Å²) in [6.45, 7) is 7.99. The van der Waals surface area contributed by atoms with E-state index in [2.05, 4.69) is 18.7 Å². The zero-order chi connectivity index (χ0) is 15.4. The molecule has 1 fully saturated rings. The van der Waals surface area contributed by atoms with E-state index in [0.717, 1.165) is 12.1 Å². The molecule has 21 heavy (non-hydrogen) atoms. The molecule has 1 atom stereocenters. The van der Waals surface area contributed by atoms with Crippen LogP contribution in [0.2, 0.25) is 0 Å². The molecule has 0 aliphatic heterocycles. The molecule has 0 radical (unpaired) electrons. The molecular formula is C18H29FN2. The van der Waals surface area contributed by atoms with Crippen molar-refractivity contribution in [3.63, 3.8) is 0 Å². The standard InChI is InChI=1S/C18H29FN2/c1-13(2)12-21(16-6-4-5-7-16)18(11-20)15-8-9-17(19)14(3)10-15/h8-10,13,16,18H,4-7,11-12,20H2,1-3H3. The molecule has 2 rings (SSSR count). The first-order valence-corrected chi connectivity index (χ1v) is 8.24. The quantitative estimate of drug-likeness (QED) is 0.857. The molecule has 1 aromatic carbocycles. The lowest BCUT2D eigenvalue weighted by molar-refractivity contribution is 0.121. The van der Waals surface area contributed by atoms with Gasteiger partial charge in [0.05, 0.1) is 0 Å². The number of hydrogen-bond acceptors (Lipinski definition) is 2. The highest BCUT2D eigenvalue weighted by Gasteiger charge is 2.29. The first-order valence-electron chi connectivity index (χ1n) is 8.24. The van der Waals surface area contributed by atoms with E-state index in [-0.39, 0.29) is 11.9 Å². The third-order valence-corrected chi connectivity index (χ3v) is 4.56. The first-order chi connectivity index (χ1) is 10.0. The smallest absolute Gasteiger partial charge is 0.126 e. The van der Waals surface area contributed by atoms with Gasteiger partial charge in [0.2, 0.25) is 0 Å². The summed E-state index contributed by atoms with van der Waals surface area (Å²) in [4.78, 5) is 2.57. The van der Waals surface area contributed by atoms with Gasteiger partial charge in [-0.1, -0.05) is 38.8 Å². The molecule has 118 valence electrons. The minimum Gasteiger partial charge on any atom is -0.329 e. The summed E-state index contributed by atoms with van der Waals surface area (Å²) in [6, 6.07) is 6.29. The van der Waals surface area contributed by atoms with E-state index in [9.17, 15) is 4.39 Å². The average molecular weight is 292 g/mol. The van der Waals surface area contributed by atoms with Crippen molar-refractivity contribution in [2.24, 2.45) is 11.7 Å². The van der Waals surface area contributed by atoms with E-state index < -0.39 is 0 Å². The number of benzene rings is 1. The summed E-state index contributed by atoms with van der Waals surface area (Å²) < 4.78 is 13.5. The van der Waals surface area contributed by atoms with Crippen LogP contribution in [0.3, 0.4) is 0 Å². The summed E-state index contributed by atoms with van der Waals surface area (Å²) >= 11 is 0. The molecule has 0 saturated heterocycles. The highest BCUT2D eigenvalue weighted by molar-refractivity contribution is 5.27. The second-order valence-corrected chi connectivity index (χ2v) is 6.79. The molecule has 1 unspecified atom stereocenters. The van der Waals surface area contributed by atoms with E-state index >= 15 is 0 Å². The summed E-state index contributed by atoms with van der Waals surface area (Å²) in [5.74, 6) is 0.479. The number of nitrogens with zero attached hydrogens (tertiary/aromatic N) is 1. The minimum absolute atomic E-state index is 0.134. The van der Waals surface area contributed by atoms with E-state index in [4.69, 9.17) is 5.73 Å². The number of halogens is 1. The van der Waals surface area contributed by atoms with E-state index in [0.29, 0.717) is 24.1 Å². The monoisotopic (exact) mass is 292 g/mol. The molecule has 1 saturated carbocycles. The Labute approximate surface area is 128 Å². The van der Waals surface area contributed by atoms with Gasteiger partial charge in [-0.25, -0.2) is 4.39 Å². The van der Waals surface area contributed by atoms with E-state index in [1.165, 1.54) is 25.7 Å². The van der Waals surface area contributed by atoms with Crippen LogP contribution < -0.4 is 5.73 Å². The second-order valence-electron chi connectivity index (χ2n) is 6.79.